The summed E-state index contributed by atoms with van der Waals surface area (Å²) >= 11 is 0. The number of carbonyl (C=O) groups is 1. The number of hydrogen-bond donors (Lipinski definition) is 1. The van der Waals surface area contributed by atoms with Gasteiger partial charge in [0.15, 0.2) is 0 Å². The van der Waals surface area contributed by atoms with Crippen molar-refractivity contribution in [3.05, 3.63) is 119 Å². The van der Waals surface area contributed by atoms with E-state index in [2.05, 4.69) is 14.9 Å². The monoisotopic (exact) mass is 498 g/mol. The van der Waals surface area contributed by atoms with Crippen LogP contribution in [-0.2, 0) is 24.2 Å². The highest BCUT2D eigenvalue weighted by molar-refractivity contribution is 5.89. The van der Waals surface area contributed by atoms with Crippen molar-refractivity contribution in [2.24, 2.45) is 0 Å². The van der Waals surface area contributed by atoms with E-state index in [0.717, 1.165) is 45.4 Å². The van der Waals surface area contributed by atoms with Gasteiger partial charge < -0.3 is 9.67 Å². The predicted octanol–water partition coefficient (Wildman–Crippen LogP) is 5.51. The zero-order valence-electron chi connectivity index (χ0n) is 19.9. The highest BCUT2D eigenvalue weighted by Gasteiger charge is 2.30. The lowest BCUT2D eigenvalue weighted by Gasteiger charge is -2.29. The van der Waals surface area contributed by atoms with Gasteiger partial charge in [0.1, 0.15) is 11.6 Å². The summed E-state index contributed by atoms with van der Waals surface area (Å²) in [4.78, 5) is 11.6. The van der Waals surface area contributed by atoms with E-state index < -0.39 is 5.97 Å². The maximum Gasteiger partial charge on any atom is 0.307 e. The average Bonchev–Trinajstić information content (AvgIpc) is 3.50. The van der Waals surface area contributed by atoms with Crippen LogP contribution in [0.3, 0.4) is 0 Å². The van der Waals surface area contributed by atoms with Crippen molar-refractivity contribution in [2.45, 2.75) is 37.8 Å². The Kier molecular flexibility index (Phi) is 5.79. The fourth-order valence-electron chi connectivity index (χ4n) is 5.66. The molecule has 3 heterocycles. The van der Waals surface area contributed by atoms with Crippen LogP contribution in [0.5, 0.6) is 0 Å². The second-order valence-corrected chi connectivity index (χ2v) is 9.46. The Morgan fingerprint density at radius 2 is 1.62 bits per heavy atom. The Bertz CT molecular complexity index is 1540. The third kappa shape index (κ3) is 4.18. The fourth-order valence-corrected chi connectivity index (χ4v) is 5.66. The Balaban J connectivity index is 1.43. The number of hydrogen-bond acceptors (Lipinski definition) is 3. The lowest BCUT2D eigenvalue weighted by atomic mass is 9.88. The minimum atomic E-state index is -0.846. The highest BCUT2D eigenvalue weighted by atomic mass is 19.1. The SMILES string of the molecule is O=C(O)Cc1c2n(c3ccccc13)C[C@H](n1nncc1C(c1ccc(F)cc1)c1ccc(F)cc1)CC2. The van der Waals surface area contributed by atoms with Crippen LogP contribution >= 0.6 is 0 Å². The highest BCUT2D eigenvalue weighted by Crippen LogP contribution is 2.38. The molecule has 0 fully saturated rings. The van der Waals surface area contributed by atoms with Gasteiger partial charge in [-0.3, -0.25) is 4.79 Å². The molecule has 0 radical (unpaired) electrons. The van der Waals surface area contributed by atoms with Crippen LogP contribution in [-0.4, -0.2) is 30.6 Å². The first-order chi connectivity index (χ1) is 18.0. The van der Waals surface area contributed by atoms with Gasteiger partial charge in [0.25, 0.3) is 0 Å². The Labute approximate surface area is 211 Å². The van der Waals surface area contributed by atoms with Gasteiger partial charge in [0.05, 0.1) is 30.3 Å². The molecule has 0 aliphatic carbocycles. The standard InChI is InChI=1S/C29H24F2N4O2/c30-20-9-5-18(6-10-20)29(19-7-11-21(31)12-8-19)27-16-32-33-35(27)22-13-14-26-24(15-28(36)37)23-3-1-2-4-25(23)34(26)17-22/h1-12,16,22,29H,13-15,17H2,(H,36,37)/t22-/m1/s1. The van der Waals surface area contributed by atoms with Gasteiger partial charge in [-0.25, -0.2) is 13.5 Å². The third-order valence-corrected chi connectivity index (χ3v) is 7.28. The summed E-state index contributed by atoms with van der Waals surface area (Å²) in [6.45, 7) is 0.616. The smallest absolute Gasteiger partial charge is 0.307 e. The summed E-state index contributed by atoms with van der Waals surface area (Å²) in [5.41, 5.74) is 5.46. The van der Waals surface area contributed by atoms with E-state index in [9.17, 15) is 18.7 Å². The molecule has 0 bridgehead atoms. The van der Waals surface area contributed by atoms with Crippen LogP contribution in [0.4, 0.5) is 8.78 Å². The average molecular weight is 499 g/mol. The van der Waals surface area contributed by atoms with E-state index in [-0.39, 0.29) is 30.0 Å². The molecular formula is C29H24F2N4O2. The number of carboxylic acids is 1. The largest absolute Gasteiger partial charge is 0.481 e. The van der Waals surface area contributed by atoms with Crippen molar-refractivity contribution in [3.8, 4) is 0 Å². The molecule has 1 atom stereocenters. The maximum atomic E-state index is 13.7. The molecule has 2 aromatic heterocycles. The second-order valence-electron chi connectivity index (χ2n) is 9.46. The lowest BCUT2D eigenvalue weighted by Crippen LogP contribution is -2.27. The van der Waals surface area contributed by atoms with E-state index in [1.54, 1.807) is 30.5 Å². The third-order valence-electron chi connectivity index (χ3n) is 7.28. The molecule has 6 nitrogen and oxygen atoms in total. The molecular weight excluding hydrogens is 474 g/mol. The first-order valence-corrected chi connectivity index (χ1v) is 12.2. The number of nitrogens with zero attached hydrogens (tertiary/aromatic N) is 4. The quantitative estimate of drug-likeness (QED) is 0.335. The molecule has 8 heteroatoms. The summed E-state index contributed by atoms with van der Waals surface area (Å²) < 4.78 is 31.6. The van der Waals surface area contributed by atoms with Crippen molar-refractivity contribution in [1.82, 2.24) is 19.6 Å². The van der Waals surface area contributed by atoms with E-state index in [1.165, 1.54) is 24.3 Å². The number of aromatic nitrogens is 4. The van der Waals surface area contributed by atoms with Crippen molar-refractivity contribution in [1.29, 1.82) is 0 Å². The summed E-state index contributed by atoms with van der Waals surface area (Å²) in [6, 6.07) is 20.5. The second kappa shape index (κ2) is 9.28. The zero-order chi connectivity index (χ0) is 25.5. The van der Waals surface area contributed by atoms with Crippen LogP contribution in [0.15, 0.2) is 79.0 Å². The van der Waals surface area contributed by atoms with E-state index in [4.69, 9.17) is 0 Å². The molecule has 0 saturated heterocycles. The van der Waals surface area contributed by atoms with Crippen LogP contribution in [0, 0.1) is 11.6 Å². The van der Waals surface area contributed by atoms with E-state index >= 15 is 0 Å². The molecule has 1 aliphatic heterocycles. The molecule has 6 rings (SSSR count). The molecule has 186 valence electrons. The summed E-state index contributed by atoms with van der Waals surface area (Å²) in [6.07, 6.45) is 3.17. The molecule has 1 aliphatic rings. The first-order valence-electron chi connectivity index (χ1n) is 12.2. The predicted molar refractivity (Wildman–Crippen MR) is 134 cm³/mol. The van der Waals surface area contributed by atoms with Crippen LogP contribution < -0.4 is 0 Å². The first kappa shape index (κ1) is 23.1. The maximum absolute atomic E-state index is 13.7. The van der Waals surface area contributed by atoms with E-state index in [1.807, 2.05) is 28.9 Å². The summed E-state index contributed by atoms with van der Waals surface area (Å²) in [7, 11) is 0. The normalized spacial score (nSPS) is 15.3. The minimum absolute atomic E-state index is 0.0146. The van der Waals surface area contributed by atoms with Gasteiger partial charge >= 0.3 is 5.97 Å². The van der Waals surface area contributed by atoms with Gasteiger partial charge in [0, 0.05) is 23.1 Å². The van der Waals surface area contributed by atoms with Gasteiger partial charge in [-0.05, 0) is 59.9 Å². The van der Waals surface area contributed by atoms with Crippen molar-refractivity contribution < 1.29 is 18.7 Å². The molecule has 37 heavy (non-hydrogen) atoms. The number of para-hydroxylation sites is 1. The molecule has 3 aromatic carbocycles. The van der Waals surface area contributed by atoms with Crippen molar-refractivity contribution in [2.75, 3.05) is 0 Å². The van der Waals surface area contributed by atoms with Crippen LogP contribution in [0.1, 0.15) is 46.5 Å². The molecule has 1 N–H and O–H groups in total. The minimum Gasteiger partial charge on any atom is -0.481 e. The number of halogens is 2. The number of rotatable bonds is 6. The van der Waals surface area contributed by atoms with Gasteiger partial charge in [0.2, 0.25) is 0 Å². The topological polar surface area (TPSA) is 72.9 Å². The molecule has 5 aromatic rings. The van der Waals surface area contributed by atoms with Gasteiger partial charge in [-0.2, -0.15) is 0 Å². The molecule has 0 unspecified atom stereocenters. The lowest BCUT2D eigenvalue weighted by molar-refractivity contribution is -0.136. The van der Waals surface area contributed by atoms with Crippen molar-refractivity contribution >= 4 is 16.9 Å². The summed E-state index contributed by atoms with van der Waals surface area (Å²) in [5, 5.41) is 19.2. The Morgan fingerprint density at radius 3 is 2.27 bits per heavy atom. The fraction of sp³-hybridized carbons (Fsp3) is 0.207. The van der Waals surface area contributed by atoms with Crippen molar-refractivity contribution in [3.63, 3.8) is 0 Å². The van der Waals surface area contributed by atoms with Gasteiger partial charge in [-0.1, -0.05) is 47.7 Å². The van der Waals surface area contributed by atoms with Crippen LogP contribution in [0.25, 0.3) is 10.9 Å². The van der Waals surface area contributed by atoms with Crippen LogP contribution in [0.2, 0.25) is 0 Å². The number of carboxylic acid groups (broad SMARTS) is 1. The Morgan fingerprint density at radius 1 is 0.973 bits per heavy atom. The molecule has 0 saturated carbocycles. The number of fused-ring (bicyclic) bond motifs is 3. The number of aliphatic carboxylic acids is 1. The summed E-state index contributed by atoms with van der Waals surface area (Å²) in [5.74, 6) is -1.82. The Hall–Kier alpha value is -4.33. The molecule has 0 spiro atoms. The zero-order valence-corrected chi connectivity index (χ0v) is 19.9. The van der Waals surface area contributed by atoms with Gasteiger partial charge in [-0.15, -0.1) is 5.10 Å². The van der Waals surface area contributed by atoms with E-state index in [0.29, 0.717) is 13.0 Å². The number of benzene rings is 3. The molecule has 0 amide bonds.